The fraction of sp³-hybridized carbons (Fsp3) is 0.538. The molecule has 1 aliphatic carbocycles. The molecule has 7 heteroatoms. The summed E-state index contributed by atoms with van der Waals surface area (Å²) in [5.41, 5.74) is -0.0325. The van der Waals surface area contributed by atoms with Crippen LogP contribution in [0.3, 0.4) is 0 Å². The minimum absolute atomic E-state index is 0.0325. The van der Waals surface area contributed by atoms with Crippen LogP contribution in [0.1, 0.15) is 42.5 Å². The molecule has 2 N–H and O–H groups in total. The lowest BCUT2D eigenvalue weighted by Gasteiger charge is -2.10. The van der Waals surface area contributed by atoms with Crippen LogP contribution >= 0.6 is 0 Å². The van der Waals surface area contributed by atoms with Crippen LogP contribution in [0.4, 0.5) is 0 Å². The zero-order chi connectivity index (χ0) is 14.6. The third-order valence-electron chi connectivity index (χ3n) is 3.58. The number of hydrogen-bond acceptors (Lipinski definition) is 4. The molecule has 0 atom stereocenters. The van der Waals surface area contributed by atoms with Crippen LogP contribution in [-0.4, -0.2) is 31.0 Å². The maximum atomic E-state index is 12.0. The zero-order valence-electron chi connectivity index (χ0n) is 11.1. The van der Waals surface area contributed by atoms with Crippen molar-refractivity contribution in [3.63, 3.8) is 0 Å². The Bertz CT molecular complexity index is 563. The van der Waals surface area contributed by atoms with E-state index in [2.05, 4.69) is 9.71 Å². The molecule has 6 nitrogen and oxygen atoms in total. The van der Waals surface area contributed by atoms with Crippen LogP contribution < -0.4 is 4.72 Å². The summed E-state index contributed by atoms with van der Waals surface area (Å²) in [5.74, 6) is -0.518. The molecule has 0 amide bonds. The van der Waals surface area contributed by atoms with E-state index in [1.807, 2.05) is 0 Å². The van der Waals surface area contributed by atoms with Gasteiger partial charge in [-0.05, 0) is 24.5 Å². The van der Waals surface area contributed by atoms with Gasteiger partial charge in [0.2, 0.25) is 0 Å². The van der Waals surface area contributed by atoms with Crippen molar-refractivity contribution in [2.24, 2.45) is 5.92 Å². The predicted molar refractivity (Wildman–Crippen MR) is 73.0 cm³/mol. The highest BCUT2D eigenvalue weighted by Gasteiger charge is 2.19. The molecule has 1 aliphatic rings. The van der Waals surface area contributed by atoms with Gasteiger partial charge in [0.1, 0.15) is 0 Å². The smallest absolute Gasteiger partial charge is 0.337 e. The van der Waals surface area contributed by atoms with E-state index >= 15 is 0 Å². The number of rotatable bonds is 6. The minimum Gasteiger partial charge on any atom is -0.478 e. The Morgan fingerprint density at radius 1 is 1.35 bits per heavy atom. The summed E-state index contributed by atoms with van der Waals surface area (Å²) in [6, 6.07) is 2.45. The second-order valence-electron chi connectivity index (χ2n) is 5.03. The number of aromatic nitrogens is 1. The van der Waals surface area contributed by atoms with Crippen LogP contribution in [0.25, 0.3) is 0 Å². The average Bonchev–Trinajstić information content (AvgIpc) is 2.92. The second-order valence-corrected chi connectivity index (χ2v) is 6.74. The van der Waals surface area contributed by atoms with Crippen LogP contribution in [0.5, 0.6) is 0 Å². The molecule has 2 rings (SSSR count). The quantitative estimate of drug-likeness (QED) is 0.832. The van der Waals surface area contributed by atoms with Gasteiger partial charge in [-0.3, -0.25) is 0 Å². The van der Waals surface area contributed by atoms with Gasteiger partial charge < -0.3 is 5.11 Å². The SMILES string of the molecule is O=C(O)c1ccc(S(=O)(=O)NCCC2CCCC2)nc1. The topological polar surface area (TPSA) is 96.4 Å². The Morgan fingerprint density at radius 3 is 2.60 bits per heavy atom. The largest absolute Gasteiger partial charge is 0.478 e. The highest BCUT2D eigenvalue weighted by molar-refractivity contribution is 7.89. The molecule has 0 bridgehead atoms. The van der Waals surface area contributed by atoms with Gasteiger partial charge in [-0.1, -0.05) is 25.7 Å². The van der Waals surface area contributed by atoms with Crippen LogP contribution in [0, 0.1) is 5.92 Å². The summed E-state index contributed by atoms with van der Waals surface area (Å²) in [6.07, 6.45) is 6.70. The van der Waals surface area contributed by atoms with Gasteiger partial charge in [-0.2, -0.15) is 0 Å². The van der Waals surface area contributed by atoms with E-state index < -0.39 is 16.0 Å². The second kappa shape index (κ2) is 6.32. The molecule has 1 aromatic rings. The molecule has 0 unspecified atom stereocenters. The van der Waals surface area contributed by atoms with Gasteiger partial charge in [0.25, 0.3) is 10.0 Å². The van der Waals surface area contributed by atoms with E-state index in [1.165, 1.54) is 37.8 Å². The third kappa shape index (κ3) is 3.77. The first-order valence-electron chi connectivity index (χ1n) is 6.68. The van der Waals surface area contributed by atoms with E-state index in [9.17, 15) is 13.2 Å². The third-order valence-corrected chi connectivity index (χ3v) is 4.95. The summed E-state index contributed by atoms with van der Waals surface area (Å²) in [6.45, 7) is 0.398. The minimum atomic E-state index is -3.65. The summed E-state index contributed by atoms with van der Waals surface area (Å²) < 4.78 is 26.4. The van der Waals surface area contributed by atoms with Crippen LogP contribution in [0.15, 0.2) is 23.4 Å². The highest BCUT2D eigenvalue weighted by Crippen LogP contribution is 2.27. The first-order chi connectivity index (χ1) is 9.49. The molecule has 110 valence electrons. The molecule has 0 aliphatic heterocycles. The standard InChI is InChI=1S/C13H18N2O4S/c16-13(17)11-5-6-12(14-9-11)20(18,19)15-8-7-10-3-1-2-4-10/h5-6,9-10,15H,1-4,7-8H2,(H,16,17). The molecule has 0 spiro atoms. The van der Waals surface area contributed by atoms with Gasteiger partial charge >= 0.3 is 5.97 Å². The summed E-state index contributed by atoms with van der Waals surface area (Å²) in [4.78, 5) is 14.4. The van der Waals surface area contributed by atoms with E-state index in [0.717, 1.165) is 12.6 Å². The average molecular weight is 298 g/mol. The number of nitrogens with zero attached hydrogens (tertiary/aromatic N) is 1. The van der Waals surface area contributed by atoms with Gasteiger partial charge in [0.05, 0.1) is 5.56 Å². The van der Waals surface area contributed by atoms with Gasteiger partial charge in [0, 0.05) is 12.7 Å². The first-order valence-corrected chi connectivity index (χ1v) is 8.16. The molecular weight excluding hydrogens is 280 g/mol. The number of nitrogens with one attached hydrogen (secondary N) is 1. The van der Waals surface area contributed by atoms with Gasteiger partial charge in [-0.25, -0.2) is 22.9 Å². The van der Waals surface area contributed by atoms with E-state index in [4.69, 9.17) is 5.11 Å². The maximum absolute atomic E-state index is 12.0. The molecule has 1 saturated carbocycles. The number of carbonyl (C=O) groups is 1. The van der Waals surface area contributed by atoms with Crippen LogP contribution in [0.2, 0.25) is 0 Å². The lowest BCUT2D eigenvalue weighted by molar-refractivity contribution is 0.0696. The van der Waals surface area contributed by atoms with Crippen molar-refractivity contribution in [1.82, 2.24) is 9.71 Å². The fourth-order valence-corrected chi connectivity index (χ4v) is 3.41. The summed E-state index contributed by atoms with van der Waals surface area (Å²) in [5, 5.41) is 8.59. The molecule has 1 aromatic heterocycles. The number of hydrogen-bond donors (Lipinski definition) is 2. The Morgan fingerprint density at radius 2 is 2.05 bits per heavy atom. The summed E-state index contributed by atoms with van der Waals surface area (Å²) in [7, 11) is -3.65. The monoisotopic (exact) mass is 298 g/mol. The zero-order valence-corrected chi connectivity index (χ0v) is 11.9. The molecule has 0 saturated heterocycles. The Hall–Kier alpha value is -1.47. The summed E-state index contributed by atoms with van der Waals surface area (Å²) >= 11 is 0. The lowest BCUT2D eigenvalue weighted by Crippen LogP contribution is -2.26. The number of carboxylic acids is 1. The lowest BCUT2D eigenvalue weighted by atomic mass is 10.1. The normalized spacial score (nSPS) is 16.4. The van der Waals surface area contributed by atoms with Crippen molar-refractivity contribution >= 4 is 16.0 Å². The fourth-order valence-electron chi connectivity index (χ4n) is 2.44. The molecule has 0 aromatic carbocycles. The highest BCUT2D eigenvalue weighted by atomic mass is 32.2. The molecule has 0 radical (unpaired) electrons. The van der Waals surface area contributed by atoms with Crippen molar-refractivity contribution in [1.29, 1.82) is 0 Å². The molecule has 1 heterocycles. The number of carboxylic acid groups (broad SMARTS) is 1. The van der Waals surface area contributed by atoms with E-state index in [1.54, 1.807) is 0 Å². The Labute approximate surface area is 118 Å². The predicted octanol–water partition coefficient (Wildman–Crippen LogP) is 1.64. The first kappa shape index (κ1) is 14.9. The number of aromatic carboxylic acids is 1. The molecule has 20 heavy (non-hydrogen) atoms. The molecular formula is C13H18N2O4S. The van der Waals surface area contributed by atoms with E-state index in [0.29, 0.717) is 12.5 Å². The molecule has 1 fully saturated rings. The van der Waals surface area contributed by atoms with Crippen molar-refractivity contribution in [3.8, 4) is 0 Å². The van der Waals surface area contributed by atoms with Crippen molar-refractivity contribution < 1.29 is 18.3 Å². The Balaban J connectivity index is 1.93. The maximum Gasteiger partial charge on any atom is 0.337 e. The van der Waals surface area contributed by atoms with E-state index in [-0.39, 0.29) is 10.6 Å². The van der Waals surface area contributed by atoms with Crippen molar-refractivity contribution in [2.45, 2.75) is 37.1 Å². The van der Waals surface area contributed by atoms with Crippen LogP contribution in [-0.2, 0) is 10.0 Å². The van der Waals surface area contributed by atoms with Gasteiger partial charge in [0.15, 0.2) is 5.03 Å². The number of sulfonamides is 1. The van der Waals surface area contributed by atoms with Crippen molar-refractivity contribution in [3.05, 3.63) is 23.9 Å². The Kier molecular flexibility index (Phi) is 4.72. The van der Waals surface area contributed by atoms with Gasteiger partial charge in [-0.15, -0.1) is 0 Å². The number of pyridine rings is 1. The van der Waals surface area contributed by atoms with Crippen molar-refractivity contribution in [2.75, 3.05) is 6.54 Å².